The summed E-state index contributed by atoms with van der Waals surface area (Å²) in [5.41, 5.74) is 0. The van der Waals surface area contributed by atoms with E-state index in [-0.39, 0.29) is 42.8 Å². The second-order valence-electron chi connectivity index (χ2n) is 10.8. The molecule has 3 amide bonds. The molecule has 0 saturated carbocycles. The molecule has 39 heavy (non-hydrogen) atoms. The number of amides is 3. The Bertz CT molecular complexity index is 865. The van der Waals surface area contributed by atoms with E-state index in [0.29, 0.717) is 51.7 Å². The van der Waals surface area contributed by atoms with Gasteiger partial charge in [-0.1, -0.05) is 0 Å². The van der Waals surface area contributed by atoms with Gasteiger partial charge >= 0.3 is 5.97 Å². The molecule has 12 nitrogen and oxygen atoms in total. The van der Waals surface area contributed by atoms with Crippen molar-refractivity contribution in [3.05, 3.63) is 0 Å². The van der Waals surface area contributed by atoms with Crippen molar-refractivity contribution < 1.29 is 33.4 Å². The standard InChI is InChI=1S/C27H45N5O7/c1-20(19-33)28-25(35)21(7-5-12-31-14-17-38-18-15-31)30(3)26(36)22-8-6-13-32(22)24(34)10-16-39-27(37)23-9-4-11-29(23)2/h19-23H,4-18H2,1-3H3,(H,28,35). The zero-order valence-corrected chi connectivity index (χ0v) is 23.6. The number of likely N-dealkylation sites (tertiary alicyclic amines) is 2. The van der Waals surface area contributed by atoms with Gasteiger partial charge in [-0.25, -0.2) is 0 Å². The van der Waals surface area contributed by atoms with E-state index in [4.69, 9.17) is 9.47 Å². The third-order valence-corrected chi connectivity index (χ3v) is 7.96. The van der Waals surface area contributed by atoms with E-state index in [1.165, 1.54) is 4.90 Å². The van der Waals surface area contributed by atoms with Gasteiger partial charge in [0.1, 0.15) is 31.0 Å². The van der Waals surface area contributed by atoms with Crippen LogP contribution in [0.15, 0.2) is 0 Å². The van der Waals surface area contributed by atoms with Gasteiger partial charge in [0.2, 0.25) is 17.7 Å². The van der Waals surface area contributed by atoms with Crippen molar-refractivity contribution in [3.63, 3.8) is 0 Å². The van der Waals surface area contributed by atoms with Gasteiger partial charge in [-0.15, -0.1) is 0 Å². The highest BCUT2D eigenvalue weighted by molar-refractivity contribution is 5.93. The summed E-state index contributed by atoms with van der Waals surface area (Å²) in [7, 11) is 3.48. The molecule has 3 aliphatic rings. The Morgan fingerprint density at radius 3 is 2.44 bits per heavy atom. The minimum atomic E-state index is -0.761. The quantitative estimate of drug-likeness (QED) is 0.241. The van der Waals surface area contributed by atoms with Crippen molar-refractivity contribution in [2.24, 2.45) is 0 Å². The first-order valence-corrected chi connectivity index (χ1v) is 14.2. The molecule has 0 aromatic heterocycles. The fourth-order valence-electron chi connectivity index (χ4n) is 5.59. The molecular weight excluding hydrogens is 506 g/mol. The number of aldehydes is 1. The summed E-state index contributed by atoms with van der Waals surface area (Å²) in [6.07, 6.45) is 4.68. The molecule has 4 atom stereocenters. The third-order valence-electron chi connectivity index (χ3n) is 7.96. The number of likely N-dealkylation sites (N-methyl/N-ethyl adjacent to an activating group) is 2. The van der Waals surface area contributed by atoms with Gasteiger partial charge in [-0.2, -0.15) is 0 Å². The van der Waals surface area contributed by atoms with Crippen molar-refractivity contribution in [3.8, 4) is 0 Å². The monoisotopic (exact) mass is 551 g/mol. The van der Waals surface area contributed by atoms with E-state index in [0.717, 1.165) is 39.0 Å². The Kier molecular flexibility index (Phi) is 12.1. The average Bonchev–Trinajstić information content (AvgIpc) is 3.60. The lowest BCUT2D eigenvalue weighted by atomic mass is 10.1. The highest BCUT2D eigenvalue weighted by Gasteiger charge is 2.39. The summed E-state index contributed by atoms with van der Waals surface area (Å²) in [6, 6.07) is -2.36. The molecule has 1 N–H and O–H groups in total. The lowest BCUT2D eigenvalue weighted by molar-refractivity contribution is -0.151. The van der Waals surface area contributed by atoms with Crippen LogP contribution < -0.4 is 5.32 Å². The Hall–Kier alpha value is -2.57. The molecule has 0 aliphatic carbocycles. The van der Waals surface area contributed by atoms with Crippen LogP contribution in [-0.4, -0.2) is 140 Å². The summed E-state index contributed by atoms with van der Waals surface area (Å²) in [5.74, 6) is -1.23. The van der Waals surface area contributed by atoms with Crippen LogP contribution in [0.3, 0.4) is 0 Å². The lowest BCUT2D eigenvalue weighted by Gasteiger charge is -2.33. The van der Waals surface area contributed by atoms with E-state index in [2.05, 4.69) is 10.2 Å². The average molecular weight is 552 g/mol. The minimum Gasteiger partial charge on any atom is -0.464 e. The number of ether oxygens (including phenoxy) is 2. The molecule has 0 spiro atoms. The van der Waals surface area contributed by atoms with Crippen LogP contribution >= 0.6 is 0 Å². The van der Waals surface area contributed by atoms with Crippen LogP contribution in [0, 0.1) is 0 Å². The lowest BCUT2D eigenvalue weighted by Crippen LogP contribution is -2.55. The number of morpholine rings is 1. The second kappa shape index (κ2) is 15.3. The molecule has 3 aliphatic heterocycles. The number of carbonyl (C=O) groups excluding carboxylic acids is 5. The minimum absolute atomic E-state index is 0.00990. The van der Waals surface area contributed by atoms with Crippen LogP contribution in [0.25, 0.3) is 0 Å². The van der Waals surface area contributed by atoms with Crippen molar-refractivity contribution >= 4 is 30.0 Å². The maximum atomic E-state index is 13.6. The van der Waals surface area contributed by atoms with Gasteiger partial charge in [0.25, 0.3) is 0 Å². The molecule has 3 saturated heterocycles. The SMILES string of the molecule is CC(C=O)NC(=O)C(CCCN1CCOCC1)N(C)C(=O)C1CCCN1C(=O)CCOC(=O)C1CCCN1C. The zero-order chi connectivity index (χ0) is 28.4. The smallest absolute Gasteiger partial charge is 0.323 e. The first-order chi connectivity index (χ1) is 18.7. The van der Waals surface area contributed by atoms with Gasteiger partial charge in [-0.3, -0.25) is 29.0 Å². The Morgan fingerprint density at radius 1 is 1.08 bits per heavy atom. The van der Waals surface area contributed by atoms with Crippen LogP contribution in [0.2, 0.25) is 0 Å². The summed E-state index contributed by atoms with van der Waals surface area (Å²) in [5, 5.41) is 2.68. The number of esters is 1. The van der Waals surface area contributed by atoms with Crippen LogP contribution in [-0.2, 0) is 33.4 Å². The van der Waals surface area contributed by atoms with Crippen LogP contribution in [0.5, 0.6) is 0 Å². The van der Waals surface area contributed by atoms with Gasteiger partial charge in [0.15, 0.2) is 0 Å². The summed E-state index contributed by atoms with van der Waals surface area (Å²) >= 11 is 0. The highest BCUT2D eigenvalue weighted by atomic mass is 16.5. The van der Waals surface area contributed by atoms with Crippen molar-refractivity contribution in [1.82, 2.24) is 24.9 Å². The molecule has 4 unspecified atom stereocenters. The number of carbonyl (C=O) groups is 5. The summed E-state index contributed by atoms with van der Waals surface area (Å²) in [4.78, 5) is 70.3. The predicted molar refractivity (Wildman–Crippen MR) is 143 cm³/mol. The van der Waals surface area contributed by atoms with Gasteiger partial charge < -0.3 is 29.4 Å². The largest absolute Gasteiger partial charge is 0.464 e. The van der Waals surface area contributed by atoms with Crippen molar-refractivity contribution in [2.45, 2.75) is 76.0 Å². The maximum Gasteiger partial charge on any atom is 0.323 e. The van der Waals surface area contributed by atoms with Crippen LogP contribution in [0.1, 0.15) is 51.9 Å². The Labute approximate surface area is 231 Å². The number of hydrogen-bond acceptors (Lipinski definition) is 9. The highest BCUT2D eigenvalue weighted by Crippen LogP contribution is 2.22. The van der Waals surface area contributed by atoms with Gasteiger partial charge in [0, 0.05) is 26.7 Å². The molecular formula is C27H45N5O7. The number of nitrogens with one attached hydrogen (secondary N) is 1. The second-order valence-corrected chi connectivity index (χ2v) is 10.8. The normalized spacial score (nSPS) is 23.7. The van der Waals surface area contributed by atoms with E-state index in [1.54, 1.807) is 18.9 Å². The summed E-state index contributed by atoms with van der Waals surface area (Å²) in [6.45, 7) is 6.67. The van der Waals surface area contributed by atoms with E-state index < -0.39 is 18.1 Å². The van der Waals surface area contributed by atoms with Gasteiger partial charge in [-0.05, 0) is 65.6 Å². The fraction of sp³-hybridized carbons (Fsp3) is 0.815. The van der Waals surface area contributed by atoms with Gasteiger partial charge in [0.05, 0.1) is 25.7 Å². The molecule has 0 aromatic rings. The predicted octanol–water partition coefficient (Wildman–Crippen LogP) is -0.352. The summed E-state index contributed by atoms with van der Waals surface area (Å²) < 4.78 is 10.8. The maximum absolute atomic E-state index is 13.6. The molecule has 3 heterocycles. The first kappa shape index (κ1) is 31.0. The molecule has 3 rings (SSSR count). The molecule has 220 valence electrons. The number of hydrogen-bond donors (Lipinski definition) is 1. The van der Waals surface area contributed by atoms with Crippen molar-refractivity contribution in [2.75, 3.05) is 66.6 Å². The third kappa shape index (κ3) is 8.71. The van der Waals surface area contributed by atoms with E-state index in [9.17, 15) is 24.0 Å². The fourth-order valence-corrected chi connectivity index (χ4v) is 5.59. The number of rotatable bonds is 13. The molecule has 0 radical (unpaired) electrons. The Morgan fingerprint density at radius 2 is 1.77 bits per heavy atom. The molecule has 0 bridgehead atoms. The van der Waals surface area contributed by atoms with Crippen LogP contribution in [0.4, 0.5) is 0 Å². The number of nitrogens with zero attached hydrogens (tertiary/aromatic N) is 4. The zero-order valence-electron chi connectivity index (χ0n) is 23.6. The Balaban J connectivity index is 1.56. The van der Waals surface area contributed by atoms with E-state index in [1.807, 2.05) is 11.9 Å². The van der Waals surface area contributed by atoms with Crippen molar-refractivity contribution in [1.29, 1.82) is 0 Å². The molecule has 0 aromatic carbocycles. The molecule has 12 heteroatoms. The van der Waals surface area contributed by atoms with E-state index >= 15 is 0 Å². The molecule has 3 fully saturated rings. The first-order valence-electron chi connectivity index (χ1n) is 14.2. The topological polar surface area (TPSA) is 129 Å².